The lowest BCUT2D eigenvalue weighted by atomic mass is 9.67. The van der Waals surface area contributed by atoms with E-state index in [-0.39, 0.29) is 17.7 Å². The van der Waals surface area contributed by atoms with Crippen LogP contribution >= 0.6 is 0 Å². The zero-order valence-electron chi connectivity index (χ0n) is 14.1. The Morgan fingerprint density at radius 2 is 1.96 bits per heavy atom. The van der Waals surface area contributed by atoms with Crippen LogP contribution in [0.4, 0.5) is 0 Å². The number of esters is 1. The molecular formula is C19H22O5. The highest BCUT2D eigenvalue weighted by molar-refractivity contribution is 5.96. The van der Waals surface area contributed by atoms with Gasteiger partial charge in [-0.3, -0.25) is 9.59 Å². The minimum absolute atomic E-state index is 0.183. The summed E-state index contributed by atoms with van der Waals surface area (Å²) in [5.74, 6) is 1.11. The van der Waals surface area contributed by atoms with Crippen LogP contribution in [0, 0.1) is 11.3 Å². The van der Waals surface area contributed by atoms with Crippen LogP contribution in [0.2, 0.25) is 0 Å². The van der Waals surface area contributed by atoms with Crippen LogP contribution < -0.4 is 9.47 Å². The van der Waals surface area contributed by atoms with Gasteiger partial charge in [0.25, 0.3) is 0 Å². The normalized spacial score (nSPS) is 34.0. The Hall–Kier alpha value is -2.04. The van der Waals surface area contributed by atoms with Gasteiger partial charge in [0.15, 0.2) is 11.5 Å². The fourth-order valence-corrected chi connectivity index (χ4v) is 5.23. The standard InChI is InChI=1S/C19H22O5/c1-22-14-6-5-12(10-15(14)23-2)11-18-9-7-13(17(21)24-18)19(18)8-3-4-16(19)20/h5-6,10,13H,3-4,7-9,11H2,1-2H3/t13-,18+,19-/m1/s1. The molecule has 1 aromatic rings. The molecule has 4 rings (SSSR count). The number of ether oxygens (including phenoxy) is 3. The van der Waals surface area contributed by atoms with E-state index < -0.39 is 11.0 Å². The van der Waals surface area contributed by atoms with Crippen LogP contribution in [0.5, 0.6) is 11.5 Å². The fraction of sp³-hybridized carbons (Fsp3) is 0.579. The average molecular weight is 330 g/mol. The van der Waals surface area contributed by atoms with Crippen molar-refractivity contribution in [1.29, 1.82) is 0 Å². The van der Waals surface area contributed by atoms with Crippen molar-refractivity contribution in [2.45, 2.75) is 44.1 Å². The first-order chi connectivity index (χ1) is 11.6. The molecule has 0 radical (unpaired) electrons. The number of carbonyl (C=O) groups is 2. The van der Waals surface area contributed by atoms with Gasteiger partial charge in [0.05, 0.1) is 25.6 Å². The highest BCUT2D eigenvalue weighted by Crippen LogP contribution is 2.65. The molecule has 3 aliphatic rings. The molecule has 1 aromatic carbocycles. The molecule has 1 spiro atoms. The maximum absolute atomic E-state index is 12.7. The first kappa shape index (κ1) is 15.5. The van der Waals surface area contributed by atoms with Gasteiger partial charge in [-0.25, -0.2) is 0 Å². The summed E-state index contributed by atoms with van der Waals surface area (Å²) in [5, 5.41) is 0. The summed E-state index contributed by atoms with van der Waals surface area (Å²) in [6.45, 7) is 0. The SMILES string of the molecule is COc1ccc(C[C@]23CC[C@H](C(=O)O2)[C@@]32CCCC2=O)cc1OC. The summed E-state index contributed by atoms with van der Waals surface area (Å²) < 4.78 is 16.5. The lowest BCUT2D eigenvalue weighted by Gasteiger charge is -2.37. The topological polar surface area (TPSA) is 61.8 Å². The number of carbonyl (C=O) groups excluding carboxylic acids is 2. The minimum Gasteiger partial charge on any atom is -0.493 e. The van der Waals surface area contributed by atoms with Crippen molar-refractivity contribution in [3.05, 3.63) is 23.8 Å². The van der Waals surface area contributed by atoms with E-state index in [1.54, 1.807) is 14.2 Å². The van der Waals surface area contributed by atoms with Crippen molar-refractivity contribution in [1.82, 2.24) is 0 Å². The van der Waals surface area contributed by atoms with Crippen molar-refractivity contribution in [3.63, 3.8) is 0 Å². The summed E-state index contributed by atoms with van der Waals surface area (Å²) in [4.78, 5) is 25.1. The van der Waals surface area contributed by atoms with Gasteiger partial charge in [-0.15, -0.1) is 0 Å². The largest absolute Gasteiger partial charge is 0.493 e. The molecule has 1 heterocycles. The lowest BCUT2D eigenvalue weighted by Crippen LogP contribution is -2.47. The Balaban J connectivity index is 1.73. The van der Waals surface area contributed by atoms with E-state index in [9.17, 15) is 9.59 Å². The minimum atomic E-state index is -0.679. The summed E-state index contributed by atoms with van der Waals surface area (Å²) in [6, 6.07) is 5.74. The maximum atomic E-state index is 12.7. The number of methoxy groups -OCH3 is 2. The Kier molecular flexibility index (Phi) is 3.37. The first-order valence-electron chi connectivity index (χ1n) is 8.53. The molecule has 5 nitrogen and oxygen atoms in total. The van der Waals surface area contributed by atoms with Gasteiger partial charge in [0.2, 0.25) is 0 Å². The highest BCUT2D eigenvalue weighted by Gasteiger charge is 2.74. The van der Waals surface area contributed by atoms with Gasteiger partial charge >= 0.3 is 5.97 Å². The fourth-order valence-electron chi connectivity index (χ4n) is 5.23. The molecule has 1 aliphatic heterocycles. The molecule has 5 heteroatoms. The van der Waals surface area contributed by atoms with Crippen LogP contribution in [0.1, 0.15) is 37.7 Å². The third-order valence-electron chi connectivity index (χ3n) is 6.24. The van der Waals surface area contributed by atoms with Crippen molar-refractivity contribution >= 4 is 11.8 Å². The number of benzene rings is 1. The first-order valence-corrected chi connectivity index (χ1v) is 8.53. The van der Waals surface area contributed by atoms with E-state index in [1.807, 2.05) is 18.2 Å². The molecule has 1 saturated heterocycles. The van der Waals surface area contributed by atoms with Crippen molar-refractivity contribution in [2.24, 2.45) is 11.3 Å². The Morgan fingerprint density at radius 1 is 1.17 bits per heavy atom. The van der Waals surface area contributed by atoms with E-state index in [0.717, 1.165) is 31.2 Å². The molecule has 2 aliphatic carbocycles. The molecule has 24 heavy (non-hydrogen) atoms. The second kappa shape index (κ2) is 5.23. The van der Waals surface area contributed by atoms with Crippen LogP contribution in [0.3, 0.4) is 0 Å². The van der Waals surface area contributed by atoms with E-state index in [1.165, 1.54) is 0 Å². The van der Waals surface area contributed by atoms with Gasteiger partial charge in [-0.05, 0) is 43.4 Å². The van der Waals surface area contributed by atoms with Crippen LogP contribution in [-0.4, -0.2) is 31.6 Å². The van der Waals surface area contributed by atoms with E-state index in [4.69, 9.17) is 14.2 Å². The van der Waals surface area contributed by atoms with Crippen molar-refractivity contribution in [3.8, 4) is 11.5 Å². The van der Waals surface area contributed by atoms with Crippen molar-refractivity contribution in [2.75, 3.05) is 14.2 Å². The quantitative estimate of drug-likeness (QED) is 0.794. The molecule has 2 saturated carbocycles. The third kappa shape index (κ3) is 1.81. The van der Waals surface area contributed by atoms with Gasteiger partial charge in [-0.2, -0.15) is 0 Å². The number of Topliss-reactive ketones (excluding diaryl/α,β-unsaturated/α-hetero) is 1. The molecule has 3 fully saturated rings. The van der Waals surface area contributed by atoms with Crippen LogP contribution in [0.15, 0.2) is 18.2 Å². The number of hydrogen-bond donors (Lipinski definition) is 0. The maximum Gasteiger partial charge on any atom is 0.310 e. The van der Waals surface area contributed by atoms with Gasteiger partial charge in [0, 0.05) is 12.8 Å². The lowest BCUT2D eigenvalue weighted by molar-refractivity contribution is -0.157. The molecule has 3 atom stereocenters. The highest BCUT2D eigenvalue weighted by atomic mass is 16.6. The summed E-state index contributed by atoms with van der Waals surface area (Å²) in [7, 11) is 3.20. The second-order valence-electron chi connectivity index (χ2n) is 7.12. The van der Waals surface area contributed by atoms with Crippen molar-refractivity contribution < 1.29 is 23.8 Å². The zero-order valence-corrected chi connectivity index (χ0v) is 14.1. The number of hydrogen-bond acceptors (Lipinski definition) is 5. The Bertz CT molecular complexity index is 712. The molecule has 0 aromatic heterocycles. The van der Waals surface area contributed by atoms with Crippen LogP contribution in [0.25, 0.3) is 0 Å². The van der Waals surface area contributed by atoms with E-state index >= 15 is 0 Å². The van der Waals surface area contributed by atoms with Gasteiger partial charge in [-0.1, -0.05) is 6.07 Å². The number of ketones is 1. The predicted molar refractivity (Wildman–Crippen MR) is 86.1 cm³/mol. The molecule has 0 unspecified atom stereocenters. The molecule has 128 valence electrons. The van der Waals surface area contributed by atoms with Gasteiger partial charge in [0.1, 0.15) is 11.4 Å². The average Bonchev–Trinajstić information content (AvgIpc) is 3.18. The van der Waals surface area contributed by atoms with Crippen LogP contribution in [-0.2, 0) is 20.7 Å². The second-order valence-corrected chi connectivity index (χ2v) is 7.12. The van der Waals surface area contributed by atoms with E-state index in [2.05, 4.69) is 0 Å². The Morgan fingerprint density at radius 3 is 2.58 bits per heavy atom. The smallest absolute Gasteiger partial charge is 0.310 e. The monoisotopic (exact) mass is 330 g/mol. The predicted octanol–water partition coefficient (Wildman–Crippen LogP) is 2.69. The summed E-state index contributed by atoms with van der Waals surface area (Å²) in [6.07, 6.45) is 4.29. The summed E-state index contributed by atoms with van der Waals surface area (Å²) in [5.41, 5.74) is -0.277. The molecule has 2 bridgehead atoms. The van der Waals surface area contributed by atoms with Gasteiger partial charge < -0.3 is 14.2 Å². The third-order valence-corrected chi connectivity index (χ3v) is 6.24. The molecule has 0 N–H and O–H groups in total. The van der Waals surface area contributed by atoms with E-state index in [0.29, 0.717) is 24.3 Å². The molecule has 0 amide bonds. The Labute approximate surface area is 141 Å². The number of rotatable bonds is 4. The zero-order chi connectivity index (χ0) is 16.9. The molecular weight excluding hydrogens is 308 g/mol. The summed E-state index contributed by atoms with van der Waals surface area (Å²) >= 11 is 0.